The zero-order chi connectivity index (χ0) is 44.5. The highest BCUT2D eigenvalue weighted by molar-refractivity contribution is 7.45. The molecule has 13 nitrogen and oxygen atoms in total. The van der Waals surface area contributed by atoms with Crippen molar-refractivity contribution in [2.75, 3.05) is 47.5 Å². The van der Waals surface area contributed by atoms with E-state index < -0.39 is 57.1 Å². The second-order valence-corrected chi connectivity index (χ2v) is 18.0. The van der Waals surface area contributed by atoms with E-state index in [4.69, 9.17) is 23.3 Å². The first kappa shape index (κ1) is 55.6. The van der Waals surface area contributed by atoms with Crippen LogP contribution in [0, 0.1) is 5.92 Å². The molecule has 2 unspecified atom stereocenters. The summed E-state index contributed by atoms with van der Waals surface area (Å²) in [6.07, 6.45) is 30.1. The molecule has 0 amide bonds. The Labute approximate surface area is 361 Å². The average molecular weight is 870 g/mol. The van der Waals surface area contributed by atoms with Gasteiger partial charge in [-0.15, -0.1) is 0 Å². The SMILES string of the molecule is CC/C=C\C/C=C\C/C=C\CCCCCCCC(=O)O[C@H](COC(=O)CCC/C=C\C[C@H]1[C@@H](O)CC(O)O[C@@H]1/C=C/[C@@H](O)CCCCC)COP(=O)([O-])OCC[N+](C)(C)C. The van der Waals surface area contributed by atoms with Gasteiger partial charge < -0.3 is 48.0 Å². The molecule has 3 N–H and O–H groups in total. The van der Waals surface area contributed by atoms with Gasteiger partial charge in [-0.2, -0.15) is 0 Å². The van der Waals surface area contributed by atoms with Crippen LogP contribution in [-0.4, -0.2) is 110 Å². The third kappa shape index (κ3) is 31.4. The highest BCUT2D eigenvalue weighted by atomic mass is 31.2. The third-order valence-corrected chi connectivity index (χ3v) is 10.8. The minimum absolute atomic E-state index is 0.0759. The monoisotopic (exact) mass is 870 g/mol. The van der Waals surface area contributed by atoms with Gasteiger partial charge in [-0.1, -0.05) is 113 Å². The van der Waals surface area contributed by atoms with Crippen molar-refractivity contribution >= 4 is 19.8 Å². The van der Waals surface area contributed by atoms with Gasteiger partial charge in [-0.25, -0.2) is 0 Å². The molecule has 1 saturated heterocycles. The topological polar surface area (TPSA) is 181 Å². The molecule has 1 heterocycles. The Morgan fingerprint density at radius 2 is 1.47 bits per heavy atom. The van der Waals surface area contributed by atoms with Gasteiger partial charge in [-0.05, 0) is 64.2 Å². The van der Waals surface area contributed by atoms with Gasteiger partial charge in [0.25, 0.3) is 7.82 Å². The maximum atomic E-state index is 12.7. The van der Waals surface area contributed by atoms with Crippen LogP contribution in [0.25, 0.3) is 0 Å². The molecule has 346 valence electrons. The second-order valence-electron chi connectivity index (χ2n) is 16.6. The minimum Gasteiger partial charge on any atom is -0.756 e. The molecule has 0 aliphatic carbocycles. The van der Waals surface area contributed by atoms with E-state index in [1.807, 2.05) is 33.3 Å². The molecule has 1 fully saturated rings. The summed E-state index contributed by atoms with van der Waals surface area (Å²) in [4.78, 5) is 37.8. The normalized spacial score (nSPS) is 21.1. The summed E-state index contributed by atoms with van der Waals surface area (Å²) in [6, 6.07) is 0. The molecule has 0 saturated carbocycles. The van der Waals surface area contributed by atoms with Gasteiger partial charge in [0.2, 0.25) is 0 Å². The number of phosphoric ester groups is 1. The van der Waals surface area contributed by atoms with Crippen molar-refractivity contribution in [1.29, 1.82) is 0 Å². The van der Waals surface area contributed by atoms with Crippen molar-refractivity contribution in [3.63, 3.8) is 0 Å². The summed E-state index contributed by atoms with van der Waals surface area (Å²) in [5.74, 6) is -1.37. The number of hydrogen-bond acceptors (Lipinski definition) is 12. The average Bonchev–Trinajstić information content (AvgIpc) is 3.18. The lowest BCUT2D eigenvalue weighted by atomic mass is 9.87. The number of esters is 2. The number of allylic oxidation sites excluding steroid dienone is 8. The fourth-order valence-electron chi connectivity index (χ4n) is 6.24. The first-order valence-electron chi connectivity index (χ1n) is 22.4. The minimum atomic E-state index is -4.70. The van der Waals surface area contributed by atoms with E-state index in [0.717, 1.165) is 70.6 Å². The van der Waals surface area contributed by atoms with Crippen molar-refractivity contribution in [3.05, 3.63) is 60.8 Å². The number of quaternary nitrogens is 1. The second kappa shape index (κ2) is 34.1. The molecule has 1 rings (SSSR count). The number of carbonyl (C=O) groups excluding carboxylic acids is 2. The van der Waals surface area contributed by atoms with Crippen LogP contribution in [0.4, 0.5) is 0 Å². The number of carbonyl (C=O) groups is 2. The van der Waals surface area contributed by atoms with Gasteiger partial charge in [0.05, 0.1) is 46.1 Å². The van der Waals surface area contributed by atoms with Gasteiger partial charge in [0.1, 0.15) is 19.8 Å². The zero-order valence-electron chi connectivity index (χ0n) is 37.4. The number of likely N-dealkylation sites (N-methyl/N-ethyl adjacent to an activating group) is 1. The Morgan fingerprint density at radius 3 is 2.18 bits per heavy atom. The van der Waals surface area contributed by atoms with E-state index in [9.17, 15) is 34.4 Å². The molecule has 0 bridgehead atoms. The quantitative estimate of drug-likeness (QED) is 0.0184. The highest BCUT2D eigenvalue weighted by Crippen LogP contribution is 2.38. The molecule has 60 heavy (non-hydrogen) atoms. The van der Waals surface area contributed by atoms with Gasteiger partial charge in [0.15, 0.2) is 12.4 Å². The summed E-state index contributed by atoms with van der Waals surface area (Å²) in [7, 11) is 0.993. The Balaban J connectivity index is 2.55. The molecular weight excluding hydrogens is 789 g/mol. The maximum Gasteiger partial charge on any atom is 0.306 e. The van der Waals surface area contributed by atoms with Crippen molar-refractivity contribution in [1.82, 2.24) is 0 Å². The summed E-state index contributed by atoms with van der Waals surface area (Å²) < 4.78 is 39.5. The Hall–Kier alpha value is -2.45. The van der Waals surface area contributed by atoms with Crippen LogP contribution in [0.3, 0.4) is 0 Å². The molecule has 0 aromatic carbocycles. The fraction of sp³-hybridized carbons (Fsp3) is 0.739. The Kier molecular flexibility index (Phi) is 31.6. The molecule has 0 aromatic rings. The van der Waals surface area contributed by atoms with Gasteiger partial charge in [0, 0.05) is 25.2 Å². The van der Waals surface area contributed by atoms with Crippen molar-refractivity contribution in [3.8, 4) is 0 Å². The third-order valence-electron chi connectivity index (χ3n) is 9.82. The lowest BCUT2D eigenvalue weighted by molar-refractivity contribution is -0.870. The zero-order valence-corrected chi connectivity index (χ0v) is 38.3. The lowest BCUT2D eigenvalue weighted by Crippen LogP contribution is -2.43. The van der Waals surface area contributed by atoms with Gasteiger partial charge >= 0.3 is 11.9 Å². The van der Waals surface area contributed by atoms with Crippen LogP contribution in [-0.2, 0) is 37.4 Å². The number of aliphatic hydroxyl groups excluding tert-OH is 3. The van der Waals surface area contributed by atoms with Crippen LogP contribution < -0.4 is 4.89 Å². The first-order valence-corrected chi connectivity index (χ1v) is 23.8. The molecule has 1 aliphatic rings. The van der Waals surface area contributed by atoms with Crippen molar-refractivity contribution in [2.45, 2.75) is 167 Å². The van der Waals surface area contributed by atoms with Crippen molar-refractivity contribution in [2.24, 2.45) is 5.92 Å². The molecule has 1 aliphatic heterocycles. The summed E-state index contributed by atoms with van der Waals surface area (Å²) >= 11 is 0. The van der Waals surface area contributed by atoms with E-state index in [1.165, 1.54) is 0 Å². The van der Waals surface area contributed by atoms with E-state index in [-0.39, 0.29) is 38.4 Å². The van der Waals surface area contributed by atoms with Crippen LogP contribution in [0.5, 0.6) is 0 Å². The first-order chi connectivity index (χ1) is 28.7. The highest BCUT2D eigenvalue weighted by Gasteiger charge is 2.35. The molecule has 7 atom stereocenters. The van der Waals surface area contributed by atoms with Gasteiger partial charge in [-0.3, -0.25) is 14.2 Å². The number of unbranched alkanes of at least 4 members (excludes halogenated alkanes) is 8. The number of hydrogen-bond donors (Lipinski definition) is 3. The number of aliphatic hydroxyl groups is 3. The molecular formula is C46H80NO12P. The summed E-state index contributed by atoms with van der Waals surface area (Å²) in [5.41, 5.74) is 0. The number of ether oxygens (including phenoxy) is 3. The Morgan fingerprint density at radius 1 is 0.817 bits per heavy atom. The Bertz CT molecular complexity index is 1330. The molecule has 0 aromatic heterocycles. The standard InChI is InChI=1S/C46H80NO12P/c1-6-8-10-11-12-13-14-15-16-17-18-19-20-21-27-31-45(51)58-40(38-57-60(53,54)56-35-34-47(3,4)5)37-55-44(50)30-26-23-22-25-29-41-42(49)36-46(52)59-43(41)33-32-39(48)28-24-9-7-2/h8,10,12-13,15-16,22,25,32-33,39-43,46,48-49,52H,6-7,9,11,14,17-21,23-24,26-31,34-38H2,1-5H3/b10-8-,13-12-,16-15-,25-22-,33-32+/t39-,40+,41-,42-,43+,46?/m0/s1. The lowest BCUT2D eigenvalue weighted by Gasteiger charge is -2.36. The van der Waals surface area contributed by atoms with Crippen molar-refractivity contribution < 1.29 is 62.1 Å². The van der Waals surface area contributed by atoms with Crippen LogP contribution >= 0.6 is 7.82 Å². The van der Waals surface area contributed by atoms with Crippen LogP contribution in [0.15, 0.2) is 60.8 Å². The predicted molar refractivity (Wildman–Crippen MR) is 234 cm³/mol. The van der Waals surface area contributed by atoms with E-state index in [2.05, 4.69) is 50.3 Å². The summed E-state index contributed by atoms with van der Waals surface area (Å²) in [6.45, 7) is 3.65. The molecule has 0 spiro atoms. The number of nitrogens with zero attached hydrogens (tertiary/aromatic N) is 1. The predicted octanol–water partition coefficient (Wildman–Crippen LogP) is 7.94. The molecule has 14 heteroatoms. The number of phosphoric acid groups is 1. The smallest absolute Gasteiger partial charge is 0.306 e. The summed E-state index contributed by atoms with van der Waals surface area (Å²) in [5, 5.41) is 31.0. The fourth-order valence-corrected chi connectivity index (χ4v) is 6.96. The molecule has 0 radical (unpaired) electrons. The van der Waals surface area contributed by atoms with E-state index >= 15 is 0 Å². The van der Waals surface area contributed by atoms with E-state index in [1.54, 1.807) is 12.2 Å². The number of rotatable bonds is 35. The van der Waals surface area contributed by atoms with Crippen LogP contribution in [0.1, 0.15) is 136 Å². The largest absolute Gasteiger partial charge is 0.756 e. The maximum absolute atomic E-state index is 12.7. The van der Waals surface area contributed by atoms with E-state index in [0.29, 0.717) is 43.1 Å². The van der Waals surface area contributed by atoms with Crippen LogP contribution in [0.2, 0.25) is 0 Å².